The van der Waals surface area contributed by atoms with Gasteiger partial charge in [-0.3, -0.25) is 4.79 Å². The van der Waals surface area contributed by atoms with E-state index in [9.17, 15) is 4.79 Å². The molecule has 0 bridgehead atoms. The van der Waals surface area contributed by atoms with Crippen LogP contribution in [0.3, 0.4) is 0 Å². The summed E-state index contributed by atoms with van der Waals surface area (Å²) in [5.41, 5.74) is 5.33. The highest BCUT2D eigenvalue weighted by Crippen LogP contribution is 1.99. The Labute approximate surface area is 97.6 Å². The maximum Gasteiger partial charge on any atom is 0.241 e. The number of nitrogens with two attached hydrogens (primary N) is 1. The summed E-state index contributed by atoms with van der Waals surface area (Å²) < 4.78 is 6.53. The fourth-order valence-corrected chi connectivity index (χ4v) is 1.37. The highest BCUT2D eigenvalue weighted by atomic mass is 16.3. The van der Waals surface area contributed by atoms with Crippen LogP contribution in [0.25, 0.3) is 0 Å². The number of hydrogen-bond acceptors (Lipinski definition) is 5. The van der Waals surface area contributed by atoms with Crippen LogP contribution in [-0.4, -0.2) is 27.2 Å². The molecular weight excluding hydrogens is 222 g/mol. The van der Waals surface area contributed by atoms with Crippen molar-refractivity contribution < 1.29 is 9.21 Å². The van der Waals surface area contributed by atoms with Crippen LogP contribution < -0.4 is 11.1 Å². The normalized spacial score (nSPS) is 10.4. The second kappa shape index (κ2) is 5.15. The molecule has 2 rings (SSSR count). The molecule has 0 aromatic carbocycles. The average molecular weight is 235 g/mol. The Morgan fingerprint density at radius 3 is 3.12 bits per heavy atom. The van der Waals surface area contributed by atoms with E-state index in [0.29, 0.717) is 13.0 Å². The summed E-state index contributed by atoms with van der Waals surface area (Å²) in [5.74, 6) is 0.866. The molecule has 0 fully saturated rings. The first-order valence-corrected chi connectivity index (χ1v) is 5.18. The zero-order valence-electron chi connectivity index (χ0n) is 9.17. The Morgan fingerprint density at radius 2 is 2.47 bits per heavy atom. The molecule has 1 amide bonds. The van der Waals surface area contributed by atoms with Crippen molar-refractivity contribution >= 4 is 11.9 Å². The smallest absolute Gasteiger partial charge is 0.241 e. The average Bonchev–Trinajstić information content (AvgIpc) is 2.90. The Kier molecular flexibility index (Phi) is 3.39. The maximum absolute atomic E-state index is 11.5. The quantitative estimate of drug-likeness (QED) is 0.748. The van der Waals surface area contributed by atoms with Crippen LogP contribution in [0.2, 0.25) is 0 Å². The van der Waals surface area contributed by atoms with E-state index in [2.05, 4.69) is 15.4 Å². The first-order valence-electron chi connectivity index (χ1n) is 5.18. The van der Waals surface area contributed by atoms with Gasteiger partial charge in [-0.15, -0.1) is 5.10 Å². The van der Waals surface area contributed by atoms with Crippen molar-refractivity contribution in [2.24, 2.45) is 0 Å². The van der Waals surface area contributed by atoms with Crippen LogP contribution in [0.15, 0.2) is 29.1 Å². The lowest BCUT2D eigenvalue weighted by molar-refractivity contribution is -0.121. The molecular formula is C10H13N5O2. The number of furan rings is 1. The molecule has 0 unspecified atom stereocenters. The van der Waals surface area contributed by atoms with Gasteiger partial charge in [0.2, 0.25) is 11.9 Å². The minimum absolute atomic E-state index is 0.113. The molecule has 2 aromatic rings. The molecule has 2 aromatic heterocycles. The summed E-state index contributed by atoms with van der Waals surface area (Å²) in [5, 5.41) is 6.56. The van der Waals surface area contributed by atoms with Crippen LogP contribution in [0.1, 0.15) is 5.76 Å². The zero-order chi connectivity index (χ0) is 12.1. The second-order valence-electron chi connectivity index (χ2n) is 3.48. The van der Waals surface area contributed by atoms with Gasteiger partial charge in [-0.2, -0.15) is 0 Å². The number of amides is 1. The fraction of sp³-hybridized carbons (Fsp3) is 0.300. The number of nitrogen functional groups attached to an aromatic ring is 1. The molecule has 0 aliphatic carbocycles. The van der Waals surface area contributed by atoms with E-state index >= 15 is 0 Å². The molecule has 90 valence electrons. The van der Waals surface area contributed by atoms with Gasteiger partial charge in [-0.05, 0) is 12.1 Å². The third-order valence-electron chi connectivity index (χ3n) is 2.13. The van der Waals surface area contributed by atoms with Crippen LogP contribution in [-0.2, 0) is 17.8 Å². The number of nitrogens with zero attached hydrogens (tertiary/aromatic N) is 3. The molecule has 7 heteroatoms. The van der Waals surface area contributed by atoms with Crippen molar-refractivity contribution in [1.29, 1.82) is 0 Å². The van der Waals surface area contributed by atoms with Gasteiger partial charge in [-0.25, -0.2) is 9.67 Å². The van der Waals surface area contributed by atoms with Crippen LogP contribution in [0.4, 0.5) is 5.95 Å². The highest BCUT2D eigenvalue weighted by molar-refractivity contribution is 5.75. The predicted molar refractivity (Wildman–Crippen MR) is 59.9 cm³/mol. The van der Waals surface area contributed by atoms with E-state index < -0.39 is 0 Å². The van der Waals surface area contributed by atoms with E-state index in [1.807, 2.05) is 12.1 Å². The summed E-state index contributed by atoms with van der Waals surface area (Å²) >= 11 is 0. The van der Waals surface area contributed by atoms with Gasteiger partial charge in [-0.1, -0.05) is 0 Å². The zero-order valence-corrected chi connectivity index (χ0v) is 9.17. The largest absolute Gasteiger partial charge is 0.469 e. The number of aromatic nitrogens is 3. The first kappa shape index (κ1) is 11.2. The third-order valence-corrected chi connectivity index (χ3v) is 2.13. The molecule has 0 saturated carbocycles. The standard InChI is InChI=1S/C10H13N5O2/c11-10-13-7-15(14-10)6-9(16)12-4-3-8-2-1-5-17-8/h1-2,5,7H,3-4,6H2,(H2,11,14)(H,12,16). The Bertz CT molecular complexity index is 477. The van der Waals surface area contributed by atoms with Crippen molar-refractivity contribution in [3.05, 3.63) is 30.5 Å². The first-order chi connectivity index (χ1) is 8.24. The van der Waals surface area contributed by atoms with Crippen molar-refractivity contribution in [2.75, 3.05) is 12.3 Å². The second-order valence-corrected chi connectivity index (χ2v) is 3.48. The van der Waals surface area contributed by atoms with Gasteiger partial charge < -0.3 is 15.5 Å². The number of hydrogen-bond donors (Lipinski definition) is 2. The van der Waals surface area contributed by atoms with Gasteiger partial charge in [0, 0.05) is 13.0 Å². The summed E-state index contributed by atoms with van der Waals surface area (Å²) in [4.78, 5) is 15.2. The molecule has 0 radical (unpaired) electrons. The topological polar surface area (TPSA) is 99.0 Å². The third kappa shape index (κ3) is 3.33. The maximum atomic E-state index is 11.5. The predicted octanol–water partition coefficient (Wildman–Crippen LogP) is -0.188. The molecule has 0 aliphatic heterocycles. The molecule has 0 saturated heterocycles. The Balaban J connectivity index is 1.71. The number of carbonyl (C=O) groups is 1. The van der Waals surface area contributed by atoms with E-state index in [-0.39, 0.29) is 18.4 Å². The highest BCUT2D eigenvalue weighted by Gasteiger charge is 2.04. The van der Waals surface area contributed by atoms with Crippen molar-refractivity contribution in [1.82, 2.24) is 20.1 Å². The minimum Gasteiger partial charge on any atom is -0.469 e. The Hall–Kier alpha value is -2.31. The van der Waals surface area contributed by atoms with Crippen molar-refractivity contribution in [3.63, 3.8) is 0 Å². The molecule has 0 aliphatic rings. The Morgan fingerprint density at radius 1 is 1.59 bits per heavy atom. The summed E-state index contributed by atoms with van der Waals surface area (Å²) in [6.45, 7) is 0.638. The lowest BCUT2D eigenvalue weighted by Crippen LogP contribution is -2.29. The fourth-order valence-electron chi connectivity index (χ4n) is 1.37. The summed E-state index contributed by atoms with van der Waals surface area (Å²) in [6.07, 6.45) is 3.69. The molecule has 0 spiro atoms. The summed E-state index contributed by atoms with van der Waals surface area (Å²) in [6, 6.07) is 3.68. The molecule has 7 nitrogen and oxygen atoms in total. The lowest BCUT2D eigenvalue weighted by Gasteiger charge is -2.03. The van der Waals surface area contributed by atoms with E-state index in [4.69, 9.17) is 10.2 Å². The SMILES string of the molecule is Nc1ncn(CC(=O)NCCc2ccco2)n1. The number of rotatable bonds is 5. The molecule has 2 heterocycles. The number of carbonyl (C=O) groups excluding carboxylic acids is 1. The minimum atomic E-state index is -0.138. The van der Waals surface area contributed by atoms with E-state index in [1.165, 1.54) is 11.0 Å². The van der Waals surface area contributed by atoms with Crippen molar-refractivity contribution in [2.45, 2.75) is 13.0 Å². The molecule has 17 heavy (non-hydrogen) atoms. The van der Waals surface area contributed by atoms with Gasteiger partial charge in [0.15, 0.2) is 0 Å². The van der Waals surface area contributed by atoms with Crippen molar-refractivity contribution in [3.8, 4) is 0 Å². The van der Waals surface area contributed by atoms with Crippen LogP contribution in [0.5, 0.6) is 0 Å². The summed E-state index contributed by atoms with van der Waals surface area (Å²) in [7, 11) is 0. The number of anilines is 1. The van der Waals surface area contributed by atoms with Crippen LogP contribution in [0, 0.1) is 0 Å². The lowest BCUT2D eigenvalue weighted by atomic mass is 10.3. The molecule has 0 atom stereocenters. The van der Waals surface area contributed by atoms with E-state index in [1.54, 1.807) is 6.26 Å². The van der Waals surface area contributed by atoms with Gasteiger partial charge >= 0.3 is 0 Å². The van der Waals surface area contributed by atoms with Gasteiger partial charge in [0.05, 0.1) is 6.26 Å². The van der Waals surface area contributed by atoms with E-state index in [0.717, 1.165) is 5.76 Å². The monoisotopic (exact) mass is 235 g/mol. The number of nitrogens with one attached hydrogen (secondary N) is 1. The molecule has 3 N–H and O–H groups in total. The van der Waals surface area contributed by atoms with Gasteiger partial charge in [0.1, 0.15) is 18.6 Å². The van der Waals surface area contributed by atoms with Gasteiger partial charge in [0.25, 0.3) is 0 Å². The van der Waals surface area contributed by atoms with Crippen LogP contribution >= 0.6 is 0 Å².